The predicted molar refractivity (Wildman–Crippen MR) is 71.3 cm³/mol. The van der Waals surface area contributed by atoms with Crippen molar-refractivity contribution in [2.24, 2.45) is 0 Å². The number of oxazole rings is 1. The van der Waals surface area contributed by atoms with Gasteiger partial charge < -0.3 is 19.2 Å². The lowest BCUT2D eigenvalue weighted by Gasteiger charge is -2.17. The summed E-state index contributed by atoms with van der Waals surface area (Å²) in [4.78, 5) is 3.88. The van der Waals surface area contributed by atoms with E-state index < -0.39 is 0 Å². The molecule has 2 rings (SSSR count). The van der Waals surface area contributed by atoms with Gasteiger partial charge in [0.25, 0.3) is 0 Å². The number of hydrogen-bond acceptors (Lipinski definition) is 5. The summed E-state index contributed by atoms with van der Waals surface area (Å²) < 4.78 is 15.8. The van der Waals surface area contributed by atoms with Crippen molar-refractivity contribution >= 4 is 0 Å². The first-order valence-electron chi connectivity index (χ1n) is 6.07. The van der Waals surface area contributed by atoms with E-state index in [0.29, 0.717) is 6.54 Å². The Morgan fingerprint density at radius 1 is 1.32 bits per heavy atom. The summed E-state index contributed by atoms with van der Waals surface area (Å²) in [5.41, 5.74) is 1.07. The molecule has 0 spiro atoms. The standard InChI is InChI=1S/C14H18N2O3/c1-10(16-8-12-7-15-9-19-12)13-5-4-11(17-2)6-14(13)18-3/h4-7,9-10,16H,8H2,1-3H3. The van der Waals surface area contributed by atoms with Gasteiger partial charge in [-0.05, 0) is 13.0 Å². The number of nitrogens with one attached hydrogen (secondary N) is 1. The molecule has 0 fully saturated rings. The molecule has 102 valence electrons. The largest absolute Gasteiger partial charge is 0.497 e. The first-order chi connectivity index (χ1) is 9.24. The van der Waals surface area contributed by atoms with Gasteiger partial charge in [-0.25, -0.2) is 4.98 Å². The Labute approximate surface area is 112 Å². The molecule has 1 aromatic heterocycles. The van der Waals surface area contributed by atoms with Gasteiger partial charge in [-0.15, -0.1) is 0 Å². The highest BCUT2D eigenvalue weighted by Crippen LogP contribution is 2.29. The van der Waals surface area contributed by atoms with Gasteiger partial charge in [-0.2, -0.15) is 0 Å². The monoisotopic (exact) mass is 262 g/mol. The minimum Gasteiger partial charge on any atom is -0.497 e. The Morgan fingerprint density at radius 3 is 2.79 bits per heavy atom. The SMILES string of the molecule is COc1ccc(C(C)NCc2cnco2)c(OC)c1. The Hall–Kier alpha value is -2.01. The van der Waals surface area contributed by atoms with Crippen LogP contribution in [0.4, 0.5) is 0 Å². The smallest absolute Gasteiger partial charge is 0.180 e. The average Bonchev–Trinajstić information content (AvgIpc) is 2.97. The van der Waals surface area contributed by atoms with Crippen LogP contribution >= 0.6 is 0 Å². The van der Waals surface area contributed by atoms with E-state index in [1.54, 1.807) is 20.4 Å². The van der Waals surface area contributed by atoms with Crippen LogP contribution in [-0.2, 0) is 6.54 Å². The molecule has 1 N–H and O–H groups in total. The van der Waals surface area contributed by atoms with Crippen LogP contribution in [0, 0.1) is 0 Å². The molecule has 0 amide bonds. The maximum Gasteiger partial charge on any atom is 0.180 e. The number of nitrogens with zero attached hydrogens (tertiary/aromatic N) is 1. The van der Waals surface area contributed by atoms with Gasteiger partial charge in [0.05, 0.1) is 27.0 Å². The molecule has 1 aromatic carbocycles. The number of rotatable bonds is 6. The second kappa shape index (κ2) is 6.24. The molecule has 2 aromatic rings. The number of hydrogen-bond donors (Lipinski definition) is 1. The molecule has 5 heteroatoms. The van der Waals surface area contributed by atoms with E-state index in [4.69, 9.17) is 13.9 Å². The van der Waals surface area contributed by atoms with Gasteiger partial charge in [-0.3, -0.25) is 0 Å². The lowest BCUT2D eigenvalue weighted by molar-refractivity contribution is 0.383. The summed E-state index contributed by atoms with van der Waals surface area (Å²) in [5, 5.41) is 3.36. The van der Waals surface area contributed by atoms with Crippen LogP contribution in [0.1, 0.15) is 24.3 Å². The van der Waals surface area contributed by atoms with E-state index in [-0.39, 0.29) is 6.04 Å². The van der Waals surface area contributed by atoms with Crippen molar-refractivity contribution in [2.45, 2.75) is 19.5 Å². The van der Waals surface area contributed by atoms with Crippen molar-refractivity contribution in [1.82, 2.24) is 10.3 Å². The third-order valence-corrected chi connectivity index (χ3v) is 2.97. The first kappa shape index (κ1) is 13.4. The fourth-order valence-electron chi connectivity index (χ4n) is 1.87. The topological polar surface area (TPSA) is 56.5 Å². The highest BCUT2D eigenvalue weighted by molar-refractivity contribution is 5.42. The molecule has 0 aliphatic carbocycles. The van der Waals surface area contributed by atoms with Gasteiger partial charge in [0, 0.05) is 17.7 Å². The van der Waals surface area contributed by atoms with Crippen LogP contribution < -0.4 is 14.8 Å². The van der Waals surface area contributed by atoms with Crippen LogP contribution in [0.2, 0.25) is 0 Å². The maximum absolute atomic E-state index is 5.39. The van der Waals surface area contributed by atoms with Crippen molar-refractivity contribution in [2.75, 3.05) is 14.2 Å². The van der Waals surface area contributed by atoms with Crippen LogP contribution in [0.5, 0.6) is 11.5 Å². The van der Waals surface area contributed by atoms with Crippen LogP contribution in [0.15, 0.2) is 35.2 Å². The highest BCUT2D eigenvalue weighted by atomic mass is 16.5. The molecule has 1 heterocycles. The molecule has 0 saturated carbocycles. The molecule has 1 unspecified atom stereocenters. The summed E-state index contributed by atoms with van der Waals surface area (Å²) in [7, 11) is 3.29. The molecule has 5 nitrogen and oxygen atoms in total. The molecule has 19 heavy (non-hydrogen) atoms. The third kappa shape index (κ3) is 3.26. The predicted octanol–water partition coefficient (Wildman–Crippen LogP) is 2.54. The van der Waals surface area contributed by atoms with Gasteiger partial charge >= 0.3 is 0 Å². The van der Waals surface area contributed by atoms with Gasteiger partial charge in [0.1, 0.15) is 17.3 Å². The minimum absolute atomic E-state index is 0.131. The summed E-state index contributed by atoms with van der Waals surface area (Å²) >= 11 is 0. The summed E-state index contributed by atoms with van der Waals surface area (Å²) in [6.45, 7) is 2.69. The van der Waals surface area contributed by atoms with Crippen molar-refractivity contribution < 1.29 is 13.9 Å². The second-order valence-corrected chi connectivity index (χ2v) is 4.18. The summed E-state index contributed by atoms with van der Waals surface area (Å²) in [6, 6.07) is 5.92. The average molecular weight is 262 g/mol. The zero-order chi connectivity index (χ0) is 13.7. The fraction of sp³-hybridized carbons (Fsp3) is 0.357. The number of ether oxygens (including phenoxy) is 2. The zero-order valence-corrected chi connectivity index (χ0v) is 11.3. The number of benzene rings is 1. The van der Waals surface area contributed by atoms with E-state index in [2.05, 4.69) is 17.2 Å². The quantitative estimate of drug-likeness (QED) is 0.867. The van der Waals surface area contributed by atoms with Crippen LogP contribution in [0.25, 0.3) is 0 Å². The normalized spacial score (nSPS) is 12.2. The van der Waals surface area contributed by atoms with Gasteiger partial charge in [-0.1, -0.05) is 6.07 Å². The molecule has 0 bridgehead atoms. The summed E-state index contributed by atoms with van der Waals surface area (Å²) in [5.74, 6) is 2.39. The van der Waals surface area contributed by atoms with E-state index in [1.807, 2.05) is 18.2 Å². The second-order valence-electron chi connectivity index (χ2n) is 4.18. The number of methoxy groups -OCH3 is 2. The molecule has 0 aliphatic rings. The Kier molecular flexibility index (Phi) is 4.41. The Bertz CT molecular complexity index is 511. The Balaban J connectivity index is 2.07. The highest BCUT2D eigenvalue weighted by Gasteiger charge is 2.12. The van der Waals surface area contributed by atoms with Crippen LogP contribution in [0.3, 0.4) is 0 Å². The van der Waals surface area contributed by atoms with E-state index >= 15 is 0 Å². The number of aromatic nitrogens is 1. The zero-order valence-electron chi connectivity index (χ0n) is 11.3. The minimum atomic E-state index is 0.131. The lowest BCUT2D eigenvalue weighted by atomic mass is 10.1. The van der Waals surface area contributed by atoms with Gasteiger partial charge in [0.15, 0.2) is 6.39 Å². The van der Waals surface area contributed by atoms with E-state index in [9.17, 15) is 0 Å². The molecule has 0 aliphatic heterocycles. The molecule has 1 atom stereocenters. The van der Waals surface area contributed by atoms with Crippen molar-refractivity contribution in [1.29, 1.82) is 0 Å². The van der Waals surface area contributed by atoms with Crippen molar-refractivity contribution in [3.63, 3.8) is 0 Å². The van der Waals surface area contributed by atoms with Crippen molar-refractivity contribution in [3.05, 3.63) is 42.1 Å². The molecular formula is C14H18N2O3. The van der Waals surface area contributed by atoms with Gasteiger partial charge in [0.2, 0.25) is 0 Å². The molecule has 0 saturated heterocycles. The van der Waals surface area contributed by atoms with E-state index in [1.165, 1.54) is 6.39 Å². The third-order valence-electron chi connectivity index (χ3n) is 2.97. The van der Waals surface area contributed by atoms with Crippen LogP contribution in [-0.4, -0.2) is 19.2 Å². The Morgan fingerprint density at radius 2 is 2.16 bits per heavy atom. The van der Waals surface area contributed by atoms with Crippen molar-refractivity contribution in [3.8, 4) is 11.5 Å². The molecule has 0 radical (unpaired) electrons. The fourth-order valence-corrected chi connectivity index (χ4v) is 1.87. The lowest BCUT2D eigenvalue weighted by Crippen LogP contribution is -2.18. The summed E-state index contributed by atoms with van der Waals surface area (Å²) in [6.07, 6.45) is 3.13. The first-order valence-corrected chi connectivity index (χ1v) is 6.07. The molecular weight excluding hydrogens is 244 g/mol. The maximum atomic E-state index is 5.39. The van der Waals surface area contributed by atoms with E-state index in [0.717, 1.165) is 22.8 Å².